The Kier molecular flexibility index (Phi) is 6.73. The van der Waals surface area contributed by atoms with Gasteiger partial charge < -0.3 is 10.1 Å². The second-order valence-electron chi connectivity index (χ2n) is 6.81. The predicted octanol–water partition coefficient (Wildman–Crippen LogP) is 4.25. The van der Waals surface area contributed by atoms with Crippen LogP contribution in [0.25, 0.3) is 0 Å². The molecule has 3 aromatic carbocycles. The molecule has 3 aromatic rings. The van der Waals surface area contributed by atoms with E-state index in [0.717, 1.165) is 28.6 Å². The van der Waals surface area contributed by atoms with Gasteiger partial charge in [-0.25, -0.2) is 21.6 Å². The molecule has 0 aliphatic rings. The summed E-state index contributed by atoms with van der Waals surface area (Å²) in [4.78, 5) is 12.4. The largest absolute Gasteiger partial charge is 0.495 e. The van der Waals surface area contributed by atoms with Gasteiger partial charge in [-0.2, -0.15) is 0 Å². The highest BCUT2D eigenvalue weighted by atomic mass is 32.2. The first-order valence-corrected chi connectivity index (χ1v) is 10.7. The van der Waals surface area contributed by atoms with Crippen LogP contribution in [0.5, 0.6) is 5.75 Å². The van der Waals surface area contributed by atoms with E-state index in [1.807, 2.05) is 0 Å². The first-order chi connectivity index (χ1) is 15.1. The van der Waals surface area contributed by atoms with Crippen LogP contribution in [0.15, 0.2) is 65.6 Å². The molecule has 0 unspecified atom stereocenters. The van der Waals surface area contributed by atoms with Crippen LogP contribution in [0.2, 0.25) is 0 Å². The maximum absolute atomic E-state index is 13.9. The molecular weight excluding hydrogens is 445 g/mol. The molecule has 0 saturated heterocycles. The standard InChI is InChI=1S/C22H19F3N2O4S/c1-14-3-10-20(31-2)21(11-14)32(29,30)27(17-7-4-15(23)5-8-17)13-22(28)26-19-9-6-16(24)12-18(19)25/h3-12H,13H2,1-2H3,(H,26,28). The average Bonchev–Trinajstić information content (AvgIpc) is 2.74. The smallest absolute Gasteiger partial charge is 0.268 e. The molecule has 3 rings (SSSR count). The summed E-state index contributed by atoms with van der Waals surface area (Å²) >= 11 is 0. The lowest BCUT2D eigenvalue weighted by Crippen LogP contribution is -2.38. The molecule has 0 aliphatic carbocycles. The van der Waals surface area contributed by atoms with E-state index in [1.54, 1.807) is 13.0 Å². The van der Waals surface area contributed by atoms with Crippen molar-refractivity contribution in [1.82, 2.24) is 0 Å². The van der Waals surface area contributed by atoms with Crippen molar-refractivity contribution in [1.29, 1.82) is 0 Å². The molecule has 6 nitrogen and oxygen atoms in total. The lowest BCUT2D eigenvalue weighted by atomic mass is 10.2. The molecule has 1 N–H and O–H groups in total. The third-order valence-electron chi connectivity index (χ3n) is 4.49. The molecule has 0 radical (unpaired) electrons. The lowest BCUT2D eigenvalue weighted by Gasteiger charge is -2.25. The molecule has 0 spiro atoms. The molecule has 0 saturated carbocycles. The van der Waals surface area contributed by atoms with Crippen LogP contribution < -0.4 is 14.4 Å². The molecule has 32 heavy (non-hydrogen) atoms. The second kappa shape index (κ2) is 9.31. The molecule has 168 valence electrons. The van der Waals surface area contributed by atoms with Crippen molar-refractivity contribution in [3.63, 3.8) is 0 Å². The Morgan fingerprint density at radius 2 is 1.62 bits per heavy atom. The molecule has 0 heterocycles. The summed E-state index contributed by atoms with van der Waals surface area (Å²) < 4.78 is 73.4. The number of rotatable bonds is 7. The Hall–Kier alpha value is -3.53. The normalized spacial score (nSPS) is 11.2. The number of benzene rings is 3. The summed E-state index contributed by atoms with van der Waals surface area (Å²) in [6.07, 6.45) is 0. The van der Waals surface area contributed by atoms with Crippen molar-refractivity contribution in [2.24, 2.45) is 0 Å². The van der Waals surface area contributed by atoms with Crippen LogP contribution >= 0.6 is 0 Å². The number of hydrogen-bond donors (Lipinski definition) is 1. The quantitative estimate of drug-likeness (QED) is 0.567. The van der Waals surface area contributed by atoms with Gasteiger partial charge in [-0.15, -0.1) is 0 Å². The number of hydrogen-bond acceptors (Lipinski definition) is 4. The molecule has 10 heteroatoms. The number of ether oxygens (including phenoxy) is 1. The highest BCUT2D eigenvalue weighted by Gasteiger charge is 2.30. The molecule has 0 bridgehead atoms. The summed E-state index contributed by atoms with van der Waals surface area (Å²) in [5.41, 5.74) is 0.312. The zero-order valence-electron chi connectivity index (χ0n) is 17.1. The molecule has 0 aromatic heterocycles. The maximum atomic E-state index is 13.9. The highest BCUT2D eigenvalue weighted by molar-refractivity contribution is 7.93. The van der Waals surface area contributed by atoms with Gasteiger partial charge in [0, 0.05) is 6.07 Å². The topological polar surface area (TPSA) is 75.7 Å². The minimum atomic E-state index is -4.37. The van der Waals surface area contributed by atoms with Gasteiger partial charge in [-0.1, -0.05) is 6.07 Å². The minimum Gasteiger partial charge on any atom is -0.495 e. The molecule has 0 fully saturated rings. The fourth-order valence-corrected chi connectivity index (χ4v) is 4.60. The number of halogens is 3. The fourth-order valence-electron chi connectivity index (χ4n) is 2.94. The van der Waals surface area contributed by atoms with Crippen LogP contribution in [-0.4, -0.2) is 28.0 Å². The van der Waals surface area contributed by atoms with Crippen LogP contribution in [0.4, 0.5) is 24.5 Å². The predicted molar refractivity (Wildman–Crippen MR) is 114 cm³/mol. The monoisotopic (exact) mass is 464 g/mol. The number of carbonyl (C=O) groups excluding carboxylic acids is 1. The number of amides is 1. The molecule has 1 amide bonds. The number of methoxy groups -OCH3 is 1. The molecular formula is C22H19F3N2O4S. The van der Waals surface area contributed by atoms with Crippen molar-refractivity contribution in [2.75, 3.05) is 23.3 Å². The van der Waals surface area contributed by atoms with Gasteiger partial charge in [-0.3, -0.25) is 9.10 Å². The number of nitrogens with zero attached hydrogens (tertiary/aromatic N) is 1. The van der Waals surface area contributed by atoms with E-state index in [0.29, 0.717) is 11.6 Å². The SMILES string of the molecule is COc1ccc(C)cc1S(=O)(=O)N(CC(=O)Nc1ccc(F)cc1F)c1ccc(F)cc1. The van der Waals surface area contributed by atoms with Crippen LogP contribution in [-0.2, 0) is 14.8 Å². The zero-order chi connectivity index (χ0) is 23.5. The Balaban J connectivity index is 2.02. The summed E-state index contributed by atoms with van der Waals surface area (Å²) in [5, 5.41) is 2.22. The number of sulfonamides is 1. The van der Waals surface area contributed by atoms with Crippen LogP contribution in [0, 0.1) is 24.4 Å². The summed E-state index contributed by atoms with van der Waals surface area (Å²) in [7, 11) is -3.06. The second-order valence-corrected chi connectivity index (χ2v) is 8.65. The van der Waals surface area contributed by atoms with Gasteiger partial charge in [0.15, 0.2) is 0 Å². The van der Waals surface area contributed by atoms with Gasteiger partial charge in [-0.05, 0) is 61.0 Å². The van der Waals surface area contributed by atoms with E-state index < -0.39 is 39.9 Å². The Bertz CT molecular complexity index is 1250. The third kappa shape index (κ3) is 5.02. The van der Waals surface area contributed by atoms with E-state index in [-0.39, 0.29) is 22.0 Å². The van der Waals surface area contributed by atoms with E-state index in [4.69, 9.17) is 4.74 Å². The summed E-state index contributed by atoms with van der Waals surface area (Å²) in [5.74, 6) is -3.29. The van der Waals surface area contributed by atoms with Gasteiger partial charge in [0.05, 0.1) is 18.5 Å². The van der Waals surface area contributed by atoms with E-state index >= 15 is 0 Å². The van der Waals surface area contributed by atoms with Gasteiger partial charge in [0.25, 0.3) is 10.0 Å². The average molecular weight is 464 g/mol. The molecule has 0 atom stereocenters. The van der Waals surface area contributed by atoms with Crippen molar-refractivity contribution >= 4 is 27.3 Å². The van der Waals surface area contributed by atoms with Gasteiger partial charge in [0.2, 0.25) is 5.91 Å². The number of aryl methyl sites for hydroxylation is 1. The highest BCUT2D eigenvalue weighted by Crippen LogP contribution is 2.31. The van der Waals surface area contributed by atoms with E-state index in [9.17, 15) is 26.4 Å². The Morgan fingerprint density at radius 1 is 0.969 bits per heavy atom. The van der Waals surface area contributed by atoms with E-state index in [1.165, 1.54) is 31.4 Å². The Morgan fingerprint density at radius 3 is 2.25 bits per heavy atom. The van der Waals surface area contributed by atoms with Crippen LogP contribution in [0.3, 0.4) is 0 Å². The van der Waals surface area contributed by atoms with Crippen molar-refractivity contribution in [3.05, 3.63) is 83.7 Å². The summed E-state index contributed by atoms with van der Waals surface area (Å²) in [6, 6.07) is 11.5. The minimum absolute atomic E-state index is 0.00434. The van der Waals surface area contributed by atoms with Gasteiger partial charge >= 0.3 is 0 Å². The van der Waals surface area contributed by atoms with Crippen molar-refractivity contribution in [2.45, 2.75) is 11.8 Å². The van der Waals surface area contributed by atoms with Crippen molar-refractivity contribution in [3.8, 4) is 5.75 Å². The van der Waals surface area contributed by atoms with Gasteiger partial charge in [0.1, 0.15) is 34.6 Å². The van der Waals surface area contributed by atoms with Crippen LogP contribution in [0.1, 0.15) is 5.56 Å². The first-order valence-electron chi connectivity index (χ1n) is 9.29. The number of nitrogens with one attached hydrogen (secondary N) is 1. The fraction of sp³-hybridized carbons (Fsp3) is 0.136. The number of anilines is 2. The first kappa shape index (κ1) is 23.1. The molecule has 0 aliphatic heterocycles. The zero-order valence-corrected chi connectivity index (χ0v) is 17.9. The summed E-state index contributed by atoms with van der Waals surface area (Å²) in [6.45, 7) is 0.923. The lowest BCUT2D eigenvalue weighted by molar-refractivity contribution is -0.114. The number of carbonyl (C=O) groups is 1. The maximum Gasteiger partial charge on any atom is 0.268 e. The van der Waals surface area contributed by atoms with E-state index in [2.05, 4.69) is 5.32 Å². The Labute approximate surface area is 183 Å². The third-order valence-corrected chi connectivity index (χ3v) is 6.29. The van der Waals surface area contributed by atoms with Crippen molar-refractivity contribution < 1.29 is 31.1 Å².